The zero-order valence-corrected chi connectivity index (χ0v) is 5.83. The summed E-state index contributed by atoms with van der Waals surface area (Å²) < 4.78 is 0. The average Bonchev–Trinajstić information content (AvgIpc) is 2.49. The maximum atomic E-state index is 11.0. The molecule has 6 nitrogen and oxygen atoms in total. The molecule has 0 aliphatic carbocycles. The molecule has 0 bridgehead atoms. The molecule has 6 heteroatoms. The Morgan fingerprint density at radius 2 is 2.42 bits per heavy atom. The van der Waals surface area contributed by atoms with E-state index >= 15 is 0 Å². The van der Waals surface area contributed by atoms with E-state index in [1.54, 1.807) is 6.07 Å². The Morgan fingerprint density at radius 1 is 1.58 bits per heavy atom. The van der Waals surface area contributed by atoms with Crippen molar-refractivity contribution in [3.05, 3.63) is 22.5 Å². The smallest absolute Gasteiger partial charge is 0.276 e. The molecule has 0 saturated carbocycles. The van der Waals surface area contributed by atoms with Crippen LogP contribution in [0.3, 0.4) is 0 Å². The highest BCUT2D eigenvalue weighted by Crippen LogP contribution is 1.99. The molecule has 12 heavy (non-hydrogen) atoms. The quantitative estimate of drug-likeness (QED) is 0.545. The number of aromatic amines is 2. The second-order valence-corrected chi connectivity index (χ2v) is 2.13. The summed E-state index contributed by atoms with van der Waals surface area (Å²) in [5, 5.41) is 8.45. The maximum absolute atomic E-state index is 11.0. The third kappa shape index (κ3) is 0.769. The Morgan fingerprint density at radius 3 is 3.08 bits per heavy atom. The molecule has 2 aromatic heterocycles. The molecular formula is C6H3N5O. The third-order valence-electron chi connectivity index (χ3n) is 1.40. The number of rotatable bonds is 0. The molecule has 2 rings (SSSR count). The summed E-state index contributed by atoms with van der Waals surface area (Å²) >= 11 is 0. The molecule has 0 saturated heterocycles. The van der Waals surface area contributed by atoms with Crippen LogP contribution in [0.4, 0.5) is 0 Å². The minimum atomic E-state index is -0.325. The van der Waals surface area contributed by atoms with Crippen molar-refractivity contribution in [2.75, 3.05) is 0 Å². The fourth-order valence-electron chi connectivity index (χ4n) is 0.893. The maximum Gasteiger partial charge on any atom is 0.276 e. The van der Waals surface area contributed by atoms with Gasteiger partial charge in [0.05, 0.1) is 6.33 Å². The fraction of sp³-hybridized carbons (Fsp3) is 0. The summed E-state index contributed by atoms with van der Waals surface area (Å²) in [5.74, 6) is 0.0919. The minimum absolute atomic E-state index is 0.0919. The van der Waals surface area contributed by atoms with Gasteiger partial charge in [0.15, 0.2) is 11.2 Å². The summed E-state index contributed by atoms with van der Waals surface area (Å²) in [5.41, 5.74) is 0.165. The SMILES string of the molecule is N#Cc1nc2nc[nH]c(=O)c2[nH]1. The zero-order valence-electron chi connectivity index (χ0n) is 5.83. The van der Waals surface area contributed by atoms with E-state index in [0.29, 0.717) is 0 Å². The van der Waals surface area contributed by atoms with Crippen LogP contribution >= 0.6 is 0 Å². The molecule has 0 spiro atoms. The number of hydrogen-bond donors (Lipinski definition) is 2. The summed E-state index contributed by atoms with van der Waals surface area (Å²) in [4.78, 5) is 23.4. The highest BCUT2D eigenvalue weighted by Gasteiger charge is 2.04. The van der Waals surface area contributed by atoms with Crippen molar-refractivity contribution in [2.45, 2.75) is 0 Å². The minimum Gasteiger partial charge on any atom is -0.324 e. The molecule has 0 aromatic carbocycles. The molecule has 0 aliphatic rings. The number of nitrogens with one attached hydrogen (secondary N) is 2. The van der Waals surface area contributed by atoms with Crippen molar-refractivity contribution in [2.24, 2.45) is 0 Å². The van der Waals surface area contributed by atoms with Crippen LogP contribution in [0.5, 0.6) is 0 Å². The van der Waals surface area contributed by atoms with E-state index in [-0.39, 0.29) is 22.5 Å². The van der Waals surface area contributed by atoms with Crippen LogP contribution in [0.2, 0.25) is 0 Å². The van der Waals surface area contributed by atoms with Gasteiger partial charge in [-0.15, -0.1) is 0 Å². The van der Waals surface area contributed by atoms with E-state index in [0.717, 1.165) is 0 Å². The van der Waals surface area contributed by atoms with Gasteiger partial charge >= 0.3 is 0 Å². The molecule has 2 aromatic rings. The lowest BCUT2D eigenvalue weighted by molar-refractivity contribution is 1.15. The summed E-state index contributed by atoms with van der Waals surface area (Å²) in [6.07, 6.45) is 1.24. The number of H-pyrrole nitrogens is 2. The van der Waals surface area contributed by atoms with E-state index in [1.807, 2.05) is 0 Å². The molecular weight excluding hydrogens is 158 g/mol. The monoisotopic (exact) mass is 161 g/mol. The number of hydrogen-bond acceptors (Lipinski definition) is 4. The predicted octanol–water partition coefficient (Wildman–Crippen LogP) is -0.482. The second kappa shape index (κ2) is 2.17. The lowest BCUT2D eigenvalue weighted by atomic mass is 10.6. The first-order valence-corrected chi connectivity index (χ1v) is 3.15. The first-order chi connectivity index (χ1) is 5.81. The third-order valence-corrected chi connectivity index (χ3v) is 1.40. The molecule has 0 unspecified atom stereocenters. The van der Waals surface area contributed by atoms with Gasteiger partial charge in [-0.1, -0.05) is 0 Å². The van der Waals surface area contributed by atoms with E-state index < -0.39 is 0 Å². The van der Waals surface area contributed by atoms with Crippen molar-refractivity contribution in [3.63, 3.8) is 0 Å². The van der Waals surface area contributed by atoms with Crippen molar-refractivity contribution in [3.8, 4) is 6.07 Å². The van der Waals surface area contributed by atoms with Crippen LogP contribution < -0.4 is 5.56 Å². The standard InChI is InChI=1S/C6H3N5O/c7-1-3-10-4-5(11-3)8-2-9-6(4)12/h2H,(H2,8,9,10,11,12). The molecule has 2 heterocycles. The number of nitrogens with zero attached hydrogens (tertiary/aromatic N) is 3. The number of imidazole rings is 1. The van der Waals surface area contributed by atoms with Gasteiger partial charge in [0, 0.05) is 0 Å². The van der Waals surface area contributed by atoms with Crippen LogP contribution in [0.15, 0.2) is 11.1 Å². The molecule has 0 radical (unpaired) electrons. The average molecular weight is 161 g/mol. The largest absolute Gasteiger partial charge is 0.324 e. The van der Waals surface area contributed by atoms with Gasteiger partial charge in [-0.25, -0.2) is 4.98 Å². The topological polar surface area (TPSA) is 98.2 Å². The van der Waals surface area contributed by atoms with E-state index in [9.17, 15) is 4.79 Å². The van der Waals surface area contributed by atoms with E-state index in [1.165, 1.54) is 6.33 Å². The van der Waals surface area contributed by atoms with E-state index in [4.69, 9.17) is 5.26 Å². The zero-order chi connectivity index (χ0) is 8.55. The van der Waals surface area contributed by atoms with Gasteiger partial charge in [-0.2, -0.15) is 10.2 Å². The van der Waals surface area contributed by atoms with Gasteiger partial charge in [-0.05, 0) is 0 Å². The van der Waals surface area contributed by atoms with Gasteiger partial charge < -0.3 is 9.97 Å². The Hall–Kier alpha value is -2.16. The molecule has 0 atom stereocenters. The van der Waals surface area contributed by atoms with Crippen molar-refractivity contribution in [1.29, 1.82) is 5.26 Å². The number of aromatic nitrogens is 4. The van der Waals surface area contributed by atoms with Crippen molar-refractivity contribution >= 4 is 11.2 Å². The summed E-state index contributed by atoms with van der Waals surface area (Å²) in [7, 11) is 0. The predicted molar refractivity (Wildman–Crippen MR) is 39.2 cm³/mol. The molecule has 0 fully saturated rings. The Kier molecular flexibility index (Phi) is 1.18. The Labute approximate surface area is 65.9 Å². The van der Waals surface area contributed by atoms with Crippen LogP contribution in [0, 0.1) is 11.3 Å². The lowest BCUT2D eigenvalue weighted by Gasteiger charge is -1.81. The number of nitriles is 1. The second-order valence-electron chi connectivity index (χ2n) is 2.13. The van der Waals surface area contributed by atoms with Crippen molar-refractivity contribution < 1.29 is 0 Å². The van der Waals surface area contributed by atoms with E-state index in [2.05, 4.69) is 19.9 Å². The Balaban J connectivity index is 2.95. The lowest BCUT2D eigenvalue weighted by Crippen LogP contribution is -2.05. The number of fused-ring (bicyclic) bond motifs is 1. The van der Waals surface area contributed by atoms with Crippen LogP contribution in [-0.2, 0) is 0 Å². The van der Waals surface area contributed by atoms with Gasteiger partial charge in [0.2, 0.25) is 5.82 Å². The molecule has 2 N–H and O–H groups in total. The van der Waals surface area contributed by atoms with Crippen LogP contribution in [-0.4, -0.2) is 19.9 Å². The molecule has 0 amide bonds. The van der Waals surface area contributed by atoms with Crippen LogP contribution in [0.25, 0.3) is 11.2 Å². The van der Waals surface area contributed by atoms with Crippen molar-refractivity contribution in [1.82, 2.24) is 19.9 Å². The summed E-state index contributed by atoms with van der Waals surface area (Å²) in [6.45, 7) is 0. The highest BCUT2D eigenvalue weighted by molar-refractivity contribution is 5.69. The summed E-state index contributed by atoms with van der Waals surface area (Å²) in [6, 6.07) is 1.78. The fourth-order valence-corrected chi connectivity index (χ4v) is 0.893. The van der Waals surface area contributed by atoms with Gasteiger partial charge in [0.1, 0.15) is 6.07 Å². The van der Waals surface area contributed by atoms with Gasteiger partial charge in [-0.3, -0.25) is 4.79 Å². The first-order valence-electron chi connectivity index (χ1n) is 3.15. The highest BCUT2D eigenvalue weighted by atomic mass is 16.1. The molecule has 58 valence electrons. The first kappa shape index (κ1) is 6.54. The molecule has 0 aliphatic heterocycles. The normalized spacial score (nSPS) is 9.92. The van der Waals surface area contributed by atoms with Gasteiger partial charge in [0.25, 0.3) is 5.56 Å². The van der Waals surface area contributed by atoms with Crippen LogP contribution in [0.1, 0.15) is 5.82 Å². The Bertz CT molecular complexity index is 516.